The Bertz CT molecular complexity index is 540. The lowest BCUT2D eigenvalue weighted by Gasteiger charge is -2.22. The zero-order chi connectivity index (χ0) is 16.7. The molecule has 24 heavy (non-hydrogen) atoms. The monoisotopic (exact) mass is 394 g/mol. The smallest absolute Gasteiger partial charge is 0.221 e. The van der Waals surface area contributed by atoms with E-state index < -0.39 is 0 Å². The van der Waals surface area contributed by atoms with E-state index in [0.29, 0.717) is 36.1 Å². The molecule has 0 bridgehead atoms. The van der Waals surface area contributed by atoms with Crippen molar-refractivity contribution in [2.45, 2.75) is 25.9 Å². The molecule has 0 radical (unpaired) electrons. The summed E-state index contributed by atoms with van der Waals surface area (Å²) in [5.74, 6) is 3.25. The zero-order valence-electron chi connectivity index (χ0n) is 13.9. The number of thioether (sulfide) groups is 1. The molecule has 0 saturated carbocycles. The van der Waals surface area contributed by atoms with Gasteiger partial charge in [-0.15, -0.1) is 12.4 Å². The molecule has 1 heterocycles. The van der Waals surface area contributed by atoms with Crippen molar-refractivity contribution in [3.8, 4) is 11.5 Å². The summed E-state index contributed by atoms with van der Waals surface area (Å²) in [6, 6.07) is 3.89. The Labute approximate surface area is 158 Å². The van der Waals surface area contributed by atoms with E-state index in [1.807, 2.05) is 24.8 Å². The fourth-order valence-corrected chi connectivity index (χ4v) is 3.64. The summed E-state index contributed by atoms with van der Waals surface area (Å²) >= 11 is 8.11. The van der Waals surface area contributed by atoms with E-state index in [2.05, 4.69) is 10.6 Å². The number of nitrogens with one attached hydrogen (secondary N) is 2. The molecule has 8 heteroatoms. The lowest BCUT2D eigenvalue weighted by atomic mass is 10.1. The van der Waals surface area contributed by atoms with Crippen molar-refractivity contribution in [2.24, 2.45) is 0 Å². The molecular weight excluding hydrogens is 371 g/mol. The third-order valence-electron chi connectivity index (χ3n) is 3.50. The van der Waals surface area contributed by atoms with Crippen molar-refractivity contribution in [1.29, 1.82) is 0 Å². The molecule has 5 nitrogen and oxygen atoms in total. The van der Waals surface area contributed by atoms with Gasteiger partial charge in [-0.3, -0.25) is 4.79 Å². The van der Waals surface area contributed by atoms with E-state index in [9.17, 15) is 4.79 Å². The van der Waals surface area contributed by atoms with Crippen molar-refractivity contribution in [3.05, 3.63) is 22.7 Å². The summed E-state index contributed by atoms with van der Waals surface area (Å²) in [6.45, 7) is 3.79. The largest absolute Gasteiger partial charge is 0.493 e. The van der Waals surface area contributed by atoms with Crippen LogP contribution >= 0.6 is 35.8 Å². The molecule has 1 aromatic carbocycles. The number of benzene rings is 1. The van der Waals surface area contributed by atoms with Gasteiger partial charge in [0.15, 0.2) is 11.5 Å². The Morgan fingerprint density at radius 1 is 1.50 bits per heavy atom. The second kappa shape index (κ2) is 10.9. The third-order valence-corrected chi connectivity index (χ3v) is 4.91. The molecule has 0 aromatic heterocycles. The fourth-order valence-electron chi connectivity index (χ4n) is 2.41. The Hall–Kier alpha value is -0.820. The topological polar surface area (TPSA) is 59.6 Å². The minimum absolute atomic E-state index is 0. The molecule has 1 aliphatic heterocycles. The van der Waals surface area contributed by atoms with E-state index >= 15 is 0 Å². The van der Waals surface area contributed by atoms with Crippen LogP contribution in [0.3, 0.4) is 0 Å². The lowest BCUT2D eigenvalue weighted by Crippen LogP contribution is -2.41. The van der Waals surface area contributed by atoms with E-state index in [0.717, 1.165) is 23.6 Å². The van der Waals surface area contributed by atoms with Crippen LogP contribution in [0.2, 0.25) is 5.02 Å². The molecule has 0 aliphatic carbocycles. The molecule has 0 spiro atoms. The molecule has 1 aliphatic rings. The maximum atomic E-state index is 12.0. The Balaban J connectivity index is 0.00000288. The van der Waals surface area contributed by atoms with E-state index in [4.69, 9.17) is 21.1 Å². The first-order valence-electron chi connectivity index (χ1n) is 7.71. The van der Waals surface area contributed by atoms with Crippen LogP contribution in [0.5, 0.6) is 11.5 Å². The number of methoxy groups -OCH3 is 1. The first-order valence-corrected chi connectivity index (χ1v) is 9.24. The summed E-state index contributed by atoms with van der Waals surface area (Å²) in [7, 11) is 1.57. The van der Waals surface area contributed by atoms with Crippen molar-refractivity contribution in [3.63, 3.8) is 0 Å². The number of hydrogen-bond donors (Lipinski definition) is 2. The van der Waals surface area contributed by atoms with Gasteiger partial charge < -0.3 is 20.1 Å². The lowest BCUT2D eigenvalue weighted by molar-refractivity contribution is -0.121. The highest BCUT2D eigenvalue weighted by atomic mass is 35.5. The van der Waals surface area contributed by atoms with Crippen LogP contribution in [-0.4, -0.2) is 43.7 Å². The quantitative estimate of drug-likeness (QED) is 0.744. The normalized spacial score (nSPS) is 16.9. The molecule has 1 aromatic rings. The van der Waals surface area contributed by atoms with Crippen LogP contribution in [0.4, 0.5) is 0 Å². The zero-order valence-corrected chi connectivity index (χ0v) is 16.3. The molecule has 136 valence electrons. The minimum atomic E-state index is 0. The molecule has 1 amide bonds. The van der Waals surface area contributed by atoms with Crippen LogP contribution in [0.15, 0.2) is 12.1 Å². The van der Waals surface area contributed by atoms with Crippen molar-refractivity contribution in [2.75, 3.05) is 31.8 Å². The molecule has 1 atom stereocenters. The maximum Gasteiger partial charge on any atom is 0.221 e. The second-order valence-corrected chi connectivity index (χ2v) is 6.81. The highest BCUT2D eigenvalue weighted by Crippen LogP contribution is 2.36. The first kappa shape index (κ1) is 21.2. The highest BCUT2D eigenvalue weighted by Gasteiger charge is 2.17. The molecular formula is C16H24Cl2N2O3S. The van der Waals surface area contributed by atoms with Gasteiger partial charge in [-0.05, 0) is 24.6 Å². The number of rotatable bonds is 7. The summed E-state index contributed by atoms with van der Waals surface area (Å²) < 4.78 is 10.8. The van der Waals surface area contributed by atoms with Gasteiger partial charge in [0.25, 0.3) is 0 Å². The third kappa shape index (κ3) is 6.24. The Morgan fingerprint density at radius 3 is 2.92 bits per heavy atom. The Kier molecular flexibility index (Phi) is 9.66. The van der Waals surface area contributed by atoms with Gasteiger partial charge in [0.1, 0.15) is 0 Å². The van der Waals surface area contributed by atoms with E-state index in [-0.39, 0.29) is 24.4 Å². The second-order valence-electron chi connectivity index (χ2n) is 5.25. The van der Waals surface area contributed by atoms with Gasteiger partial charge in [0, 0.05) is 37.1 Å². The SMILES string of the molecule is CCOc1c(Cl)cc(CNC(=O)CC2CSCCN2)cc1OC.Cl. The molecule has 1 saturated heterocycles. The summed E-state index contributed by atoms with van der Waals surface area (Å²) in [6.07, 6.45) is 0.495. The standard InChI is InChI=1S/C16H23ClN2O3S.ClH/c1-3-22-16-13(17)6-11(7-14(16)21-2)9-19-15(20)8-12-10-23-5-4-18-12;/h6-7,12,18H,3-5,8-10H2,1-2H3,(H,19,20);1H. The molecule has 1 unspecified atom stereocenters. The fraction of sp³-hybridized carbons (Fsp3) is 0.562. The maximum absolute atomic E-state index is 12.0. The molecule has 1 fully saturated rings. The van der Waals surface area contributed by atoms with Gasteiger partial charge in [-0.25, -0.2) is 0 Å². The average Bonchev–Trinajstić information content (AvgIpc) is 2.56. The molecule has 2 N–H and O–H groups in total. The van der Waals surface area contributed by atoms with Crippen molar-refractivity contribution >= 4 is 41.7 Å². The van der Waals surface area contributed by atoms with Gasteiger partial charge >= 0.3 is 0 Å². The average molecular weight is 395 g/mol. The van der Waals surface area contributed by atoms with Gasteiger partial charge in [-0.1, -0.05) is 11.6 Å². The number of amides is 1. The van der Waals surface area contributed by atoms with Crippen LogP contribution < -0.4 is 20.1 Å². The van der Waals surface area contributed by atoms with Crippen molar-refractivity contribution < 1.29 is 14.3 Å². The van der Waals surface area contributed by atoms with Crippen LogP contribution in [0, 0.1) is 0 Å². The summed E-state index contributed by atoms with van der Waals surface area (Å²) in [5, 5.41) is 6.78. The number of ether oxygens (including phenoxy) is 2. The minimum Gasteiger partial charge on any atom is -0.493 e. The van der Waals surface area contributed by atoms with Crippen molar-refractivity contribution in [1.82, 2.24) is 10.6 Å². The number of carbonyl (C=O) groups is 1. The molecule has 2 rings (SSSR count). The van der Waals surface area contributed by atoms with E-state index in [1.165, 1.54) is 0 Å². The summed E-state index contributed by atoms with van der Waals surface area (Å²) in [5.41, 5.74) is 0.884. The van der Waals surface area contributed by atoms with E-state index in [1.54, 1.807) is 13.2 Å². The van der Waals surface area contributed by atoms with Gasteiger partial charge in [0.2, 0.25) is 5.91 Å². The number of halogens is 2. The summed E-state index contributed by atoms with van der Waals surface area (Å²) in [4.78, 5) is 12.0. The van der Waals surface area contributed by atoms with Crippen LogP contribution in [0.25, 0.3) is 0 Å². The predicted molar refractivity (Wildman–Crippen MR) is 102 cm³/mol. The predicted octanol–water partition coefficient (Wildman–Crippen LogP) is 2.88. The highest BCUT2D eigenvalue weighted by molar-refractivity contribution is 7.99. The van der Waals surface area contributed by atoms with Crippen LogP contribution in [-0.2, 0) is 11.3 Å². The number of hydrogen-bond acceptors (Lipinski definition) is 5. The van der Waals surface area contributed by atoms with Gasteiger partial charge in [0.05, 0.1) is 18.7 Å². The first-order chi connectivity index (χ1) is 11.1. The van der Waals surface area contributed by atoms with Crippen LogP contribution in [0.1, 0.15) is 18.9 Å². The number of carbonyl (C=O) groups excluding carboxylic acids is 1. The van der Waals surface area contributed by atoms with Gasteiger partial charge in [-0.2, -0.15) is 11.8 Å². The Morgan fingerprint density at radius 2 is 2.29 bits per heavy atom.